The van der Waals surface area contributed by atoms with E-state index >= 15 is 0 Å². The van der Waals surface area contributed by atoms with Gasteiger partial charge in [0.2, 0.25) is 0 Å². The highest BCUT2D eigenvalue weighted by molar-refractivity contribution is 7.07. The second-order valence-electron chi connectivity index (χ2n) is 4.68. The van der Waals surface area contributed by atoms with Crippen LogP contribution in [-0.4, -0.2) is 18.0 Å². The Labute approximate surface area is 107 Å². The number of thiophene rings is 1. The third-order valence-electron chi connectivity index (χ3n) is 3.51. The Balaban J connectivity index is 1.61. The van der Waals surface area contributed by atoms with Crippen LogP contribution in [0.2, 0.25) is 0 Å². The highest BCUT2D eigenvalue weighted by atomic mass is 32.1. The lowest BCUT2D eigenvalue weighted by atomic mass is 10.00. The summed E-state index contributed by atoms with van der Waals surface area (Å²) in [5, 5.41) is 4.43. The number of rotatable bonds is 3. The van der Waals surface area contributed by atoms with Crippen LogP contribution < -0.4 is 0 Å². The molecule has 0 aliphatic carbocycles. The molecule has 1 aromatic heterocycles. The van der Waals surface area contributed by atoms with Gasteiger partial charge in [-0.3, -0.25) is 4.90 Å². The second-order valence-corrected chi connectivity index (χ2v) is 5.46. The maximum Gasteiger partial charge on any atom is 0.0236 e. The zero-order chi connectivity index (χ0) is 11.5. The Bertz CT molecular complexity index is 475. The van der Waals surface area contributed by atoms with Crippen LogP contribution in [-0.2, 0) is 19.4 Å². The summed E-state index contributed by atoms with van der Waals surface area (Å²) in [5.41, 5.74) is 4.54. The topological polar surface area (TPSA) is 3.24 Å². The number of hydrogen-bond donors (Lipinski definition) is 0. The molecular weight excluding hydrogens is 226 g/mol. The standard InChI is InChI=1S/C15H17NS/c1-2-4-15-11-16(9-6-14(15)3-1)8-5-13-7-10-17-12-13/h1-4,7,10,12H,5-6,8-9,11H2. The Morgan fingerprint density at radius 3 is 2.82 bits per heavy atom. The molecule has 1 aliphatic heterocycles. The smallest absolute Gasteiger partial charge is 0.0236 e. The van der Waals surface area contributed by atoms with E-state index in [1.807, 2.05) is 0 Å². The van der Waals surface area contributed by atoms with E-state index in [-0.39, 0.29) is 0 Å². The molecule has 1 aliphatic rings. The first kappa shape index (κ1) is 11.0. The molecule has 88 valence electrons. The van der Waals surface area contributed by atoms with Gasteiger partial charge in [0.1, 0.15) is 0 Å². The van der Waals surface area contributed by atoms with Gasteiger partial charge in [-0.25, -0.2) is 0 Å². The predicted molar refractivity (Wildman–Crippen MR) is 73.4 cm³/mol. The fourth-order valence-corrected chi connectivity index (χ4v) is 3.17. The highest BCUT2D eigenvalue weighted by Crippen LogP contribution is 2.18. The van der Waals surface area contributed by atoms with E-state index in [2.05, 4.69) is 46.0 Å². The minimum atomic E-state index is 1.13. The monoisotopic (exact) mass is 243 g/mol. The van der Waals surface area contributed by atoms with Crippen molar-refractivity contribution in [3.05, 3.63) is 57.8 Å². The molecule has 0 saturated carbocycles. The summed E-state index contributed by atoms with van der Waals surface area (Å²) in [4.78, 5) is 2.57. The van der Waals surface area contributed by atoms with Gasteiger partial charge in [-0.1, -0.05) is 24.3 Å². The Kier molecular flexibility index (Phi) is 3.25. The molecule has 1 nitrogen and oxygen atoms in total. The summed E-state index contributed by atoms with van der Waals surface area (Å²) in [5.74, 6) is 0. The average molecular weight is 243 g/mol. The molecule has 1 aromatic carbocycles. The molecule has 0 atom stereocenters. The summed E-state index contributed by atoms with van der Waals surface area (Å²) < 4.78 is 0. The molecule has 3 rings (SSSR count). The minimum absolute atomic E-state index is 1.13. The molecule has 0 unspecified atom stereocenters. The van der Waals surface area contributed by atoms with Crippen LogP contribution in [0.4, 0.5) is 0 Å². The number of fused-ring (bicyclic) bond motifs is 1. The maximum absolute atomic E-state index is 2.57. The molecule has 2 aromatic rings. The van der Waals surface area contributed by atoms with Crippen molar-refractivity contribution in [2.75, 3.05) is 13.1 Å². The van der Waals surface area contributed by atoms with Crippen molar-refractivity contribution in [1.82, 2.24) is 4.90 Å². The zero-order valence-corrected chi connectivity index (χ0v) is 10.7. The lowest BCUT2D eigenvalue weighted by Crippen LogP contribution is -2.32. The number of benzene rings is 1. The Morgan fingerprint density at radius 1 is 1.12 bits per heavy atom. The van der Waals surface area contributed by atoms with Crippen molar-refractivity contribution in [2.45, 2.75) is 19.4 Å². The molecule has 2 heteroatoms. The second kappa shape index (κ2) is 5.03. The van der Waals surface area contributed by atoms with E-state index in [4.69, 9.17) is 0 Å². The first-order valence-electron chi connectivity index (χ1n) is 6.22. The predicted octanol–water partition coefficient (Wildman–Crippen LogP) is 3.35. The van der Waals surface area contributed by atoms with Gasteiger partial charge in [0.25, 0.3) is 0 Å². The lowest BCUT2D eigenvalue weighted by Gasteiger charge is -2.28. The quantitative estimate of drug-likeness (QED) is 0.799. The van der Waals surface area contributed by atoms with Crippen LogP contribution in [0.3, 0.4) is 0 Å². The normalized spacial score (nSPS) is 15.8. The summed E-state index contributed by atoms with van der Waals surface area (Å²) in [6.07, 6.45) is 2.39. The van der Waals surface area contributed by atoms with E-state index in [1.165, 1.54) is 37.1 Å². The summed E-state index contributed by atoms with van der Waals surface area (Å²) in [6, 6.07) is 11.1. The first-order chi connectivity index (χ1) is 8.42. The van der Waals surface area contributed by atoms with Crippen molar-refractivity contribution in [3.63, 3.8) is 0 Å². The molecule has 0 spiro atoms. The van der Waals surface area contributed by atoms with E-state index in [1.54, 1.807) is 16.9 Å². The van der Waals surface area contributed by atoms with Crippen LogP contribution >= 0.6 is 11.3 Å². The van der Waals surface area contributed by atoms with E-state index in [9.17, 15) is 0 Å². The molecule has 0 radical (unpaired) electrons. The van der Waals surface area contributed by atoms with Crippen molar-refractivity contribution >= 4 is 11.3 Å². The molecule has 0 bridgehead atoms. The summed E-state index contributed by atoms with van der Waals surface area (Å²) in [7, 11) is 0. The first-order valence-corrected chi connectivity index (χ1v) is 7.16. The van der Waals surface area contributed by atoms with E-state index in [0.717, 1.165) is 6.54 Å². The Hall–Kier alpha value is -1.12. The Morgan fingerprint density at radius 2 is 2.00 bits per heavy atom. The van der Waals surface area contributed by atoms with Crippen LogP contribution in [0, 0.1) is 0 Å². The van der Waals surface area contributed by atoms with Gasteiger partial charge in [0.15, 0.2) is 0 Å². The van der Waals surface area contributed by atoms with Crippen LogP contribution in [0.1, 0.15) is 16.7 Å². The van der Waals surface area contributed by atoms with Gasteiger partial charge in [-0.2, -0.15) is 11.3 Å². The molecule has 0 N–H and O–H groups in total. The fraction of sp³-hybridized carbons (Fsp3) is 0.333. The third-order valence-corrected chi connectivity index (χ3v) is 4.24. The number of hydrogen-bond acceptors (Lipinski definition) is 2. The largest absolute Gasteiger partial charge is 0.298 e. The zero-order valence-electron chi connectivity index (χ0n) is 9.93. The molecular formula is C15H17NS. The van der Waals surface area contributed by atoms with Crippen LogP contribution in [0.5, 0.6) is 0 Å². The van der Waals surface area contributed by atoms with Gasteiger partial charge in [0, 0.05) is 19.6 Å². The van der Waals surface area contributed by atoms with Gasteiger partial charge < -0.3 is 0 Å². The molecule has 0 saturated heterocycles. The fourth-order valence-electron chi connectivity index (χ4n) is 2.47. The summed E-state index contributed by atoms with van der Waals surface area (Å²) >= 11 is 1.80. The van der Waals surface area contributed by atoms with Gasteiger partial charge in [-0.05, 0) is 46.4 Å². The van der Waals surface area contributed by atoms with Crippen molar-refractivity contribution in [2.24, 2.45) is 0 Å². The lowest BCUT2D eigenvalue weighted by molar-refractivity contribution is 0.257. The third kappa shape index (κ3) is 2.59. The van der Waals surface area contributed by atoms with Crippen molar-refractivity contribution in [3.8, 4) is 0 Å². The van der Waals surface area contributed by atoms with Crippen LogP contribution in [0.25, 0.3) is 0 Å². The molecule has 2 heterocycles. The SMILES string of the molecule is c1ccc2c(c1)CCN(CCc1ccsc1)C2. The van der Waals surface area contributed by atoms with Crippen molar-refractivity contribution in [1.29, 1.82) is 0 Å². The van der Waals surface area contributed by atoms with Gasteiger partial charge >= 0.3 is 0 Å². The van der Waals surface area contributed by atoms with Crippen LogP contribution in [0.15, 0.2) is 41.1 Å². The van der Waals surface area contributed by atoms with Gasteiger partial charge in [0.05, 0.1) is 0 Å². The highest BCUT2D eigenvalue weighted by Gasteiger charge is 2.14. The van der Waals surface area contributed by atoms with E-state index < -0.39 is 0 Å². The van der Waals surface area contributed by atoms with E-state index in [0.29, 0.717) is 0 Å². The molecule has 0 amide bonds. The number of nitrogens with zero attached hydrogens (tertiary/aromatic N) is 1. The maximum atomic E-state index is 2.57. The molecule has 0 fully saturated rings. The summed E-state index contributed by atoms with van der Waals surface area (Å²) in [6.45, 7) is 3.52. The van der Waals surface area contributed by atoms with Crippen molar-refractivity contribution < 1.29 is 0 Å². The minimum Gasteiger partial charge on any atom is -0.298 e. The average Bonchev–Trinajstić information content (AvgIpc) is 2.89. The molecule has 17 heavy (non-hydrogen) atoms. The van der Waals surface area contributed by atoms with Gasteiger partial charge in [-0.15, -0.1) is 0 Å².